The maximum absolute atomic E-state index is 5.96. The third-order valence-corrected chi connectivity index (χ3v) is 4.55. The number of halogens is 3. The van der Waals surface area contributed by atoms with Gasteiger partial charge >= 0.3 is 5.13 Å². The summed E-state index contributed by atoms with van der Waals surface area (Å²) in [4.78, 5) is 0. The van der Waals surface area contributed by atoms with Crippen LogP contribution < -0.4 is 26.9 Å². The monoisotopic (exact) mass is 414 g/mol. The first-order valence-corrected chi connectivity index (χ1v) is 8.06. The molecule has 0 aliphatic rings. The fourth-order valence-corrected chi connectivity index (χ4v) is 3.23. The van der Waals surface area contributed by atoms with Crippen LogP contribution in [0.5, 0.6) is 0 Å². The maximum Gasteiger partial charge on any atom is 0.344 e. The van der Waals surface area contributed by atoms with Gasteiger partial charge in [0.25, 0.3) is 0 Å². The van der Waals surface area contributed by atoms with E-state index in [9.17, 15) is 0 Å². The molecule has 0 amide bonds. The van der Waals surface area contributed by atoms with Crippen molar-refractivity contribution in [2.24, 2.45) is 0 Å². The summed E-state index contributed by atoms with van der Waals surface area (Å²) in [5.74, 6) is 0. The average molecular weight is 416 g/mol. The molecule has 6 heteroatoms. The fraction of sp³-hybridized carbons (Fsp3) is 0.0625. The Hall–Kier alpha value is -1.07. The van der Waals surface area contributed by atoms with Gasteiger partial charge in [-0.3, -0.25) is 0 Å². The van der Waals surface area contributed by atoms with Gasteiger partial charge in [-0.2, -0.15) is 4.57 Å². The molecule has 0 unspecified atom stereocenters. The number of hydrogen-bond acceptors (Lipinski definition) is 2. The SMILES string of the molecule is Cc1csc(Nc2ccc(Cl)cc2)[n+]1-c1ccc(Cl)cc1.[Br-]. The van der Waals surface area contributed by atoms with Crippen molar-refractivity contribution in [2.75, 3.05) is 5.32 Å². The average Bonchev–Trinajstić information content (AvgIpc) is 2.83. The third kappa shape index (κ3) is 3.82. The highest BCUT2D eigenvalue weighted by molar-refractivity contribution is 7.13. The van der Waals surface area contributed by atoms with Gasteiger partial charge in [0.1, 0.15) is 17.1 Å². The number of aromatic nitrogens is 1. The van der Waals surface area contributed by atoms with Crippen molar-refractivity contribution in [3.8, 4) is 5.69 Å². The van der Waals surface area contributed by atoms with Gasteiger partial charge in [-0.05, 0) is 55.5 Å². The number of benzene rings is 2. The first-order chi connectivity index (χ1) is 10.1. The quantitative estimate of drug-likeness (QED) is 0.649. The van der Waals surface area contributed by atoms with Crippen molar-refractivity contribution >= 4 is 45.4 Å². The lowest BCUT2D eigenvalue weighted by Gasteiger charge is -2.04. The summed E-state index contributed by atoms with van der Waals surface area (Å²) in [6.45, 7) is 2.08. The first kappa shape index (κ1) is 17.3. The number of nitrogens with zero attached hydrogens (tertiary/aromatic N) is 1. The highest BCUT2D eigenvalue weighted by Gasteiger charge is 2.17. The summed E-state index contributed by atoms with van der Waals surface area (Å²) >= 11 is 13.5. The second-order valence-corrected chi connectivity index (χ2v) is 6.36. The van der Waals surface area contributed by atoms with E-state index >= 15 is 0 Å². The van der Waals surface area contributed by atoms with Crippen LogP contribution in [0.25, 0.3) is 5.69 Å². The predicted molar refractivity (Wildman–Crippen MR) is 90.3 cm³/mol. The van der Waals surface area contributed by atoms with Gasteiger partial charge in [0, 0.05) is 15.4 Å². The molecule has 0 saturated heterocycles. The van der Waals surface area contributed by atoms with Crippen molar-refractivity contribution in [1.29, 1.82) is 0 Å². The molecule has 0 saturated carbocycles. The minimum atomic E-state index is 0. The van der Waals surface area contributed by atoms with Crippen molar-refractivity contribution in [3.05, 3.63) is 69.7 Å². The molecular formula is C16H13BrCl2N2S. The number of hydrogen-bond donors (Lipinski definition) is 1. The molecule has 0 bridgehead atoms. The highest BCUT2D eigenvalue weighted by Crippen LogP contribution is 2.23. The normalized spacial score (nSPS) is 10.1. The van der Waals surface area contributed by atoms with Gasteiger partial charge in [-0.25, -0.2) is 5.32 Å². The Kier molecular flexibility index (Phi) is 5.87. The Morgan fingerprint density at radius 1 is 0.909 bits per heavy atom. The Labute approximate surface area is 154 Å². The lowest BCUT2D eigenvalue weighted by Crippen LogP contribution is -3.00. The van der Waals surface area contributed by atoms with E-state index in [1.54, 1.807) is 11.3 Å². The molecule has 0 aliphatic heterocycles. The van der Waals surface area contributed by atoms with Gasteiger partial charge in [-0.15, -0.1) is 0 Å². The van der Waals surface area contributed by atoms with Crippen LogP contribution in [0.3, 0.4) is 0 Å². The topological polar surface area (TPSA) is 15.9 Å². The number of nitrogens with one attached hydrogen (secondary N) is 1. The Morgan fingerprint density at radius 3 is 2.05 bits per heavy atom. The minimum Gasteiger partial charge on any atom is -1.00 e. The Morgan fingerprint density at radius 2 is 1.45 bits per heavy atom. The molecule has 1 heterocycles. The molecule has 0 radical (unpaired) electrons. The smallest absolute Gasteiger partial charge is 0.344 e. The van der Waals surface area contributed by atoms with E-state index in [0.717, 1.165) is 26.6 Å². The predicted octanol–water partition coefficient (Wildman–Crippen LogP) is 2.39. The first-order valence-electron chi connectivity index (χ1n) is 6.42. The molecule has 2 aromatic carbocycles. The van der Waals surface area contributed by atoms with E-state index in [1.165, 1.54) is 5.69 Å². The van der Waals surface area contributed by atoms with Crippen LogP contribution in [-0.4, -0.2) is 0 Å². The molecule has 1 N–H and O–H groups in total. The van der Waals surface area contributed by atoms with Crippen LogP contribution in [0.1, 0.15) is 5.69 Å². The van der Waals surface area contributed by atoms with Crippen LogP contribution in [0.4, 0.5) is 10.8 Å². The number of thiazole rings is 1. The fourth-order valence-electron chi connectivity index (χ4n) is 2.06. The number of aryl methyl sites for hydroxylation is 1. The third-order valence-electron chi connectivity index (χ3n) is 3.08. The lowest BCUT2D eigenvalue weighted by molar-refractivity contribution is -0.582. The molecule has 1 aromatic heterocycles. The molecule has 2 nitrogen and oxygen atoms in total. The van der Waals surface area contributed by atoms with Crippen LogP contribution in [0.15, 0.2) is 53.9 Å². The van der Waals surface area contributed by atoms with Crippen LogP contribution >= 0.6 is 34.5 Å². The van der Waals surface area contributed by atoms with Crippen molar-refractivity contribution in [3.63, 3.8) is 0 Å². The van der Waals surface area contributed by atoms with Crippen LogP contribution in [-0.2, 0) is 0 Å². The lowest BCUT2D eigenvalue weighted by atomic mass is 10.3. The largest absolute Gasteiger partial charge is 1.00 e. The van der Waals surface area contributed by atoms with Crippen LogP contribution in [0.2, 0.25) is 10.0 Å². The van der Waals surface area contributed by atoms with Crippen LogP contribution in [0, 0.1) is 6.92 Å². The van der Waals surface area contributed by atoms with Gasteiger partial charge < -0.3 is 17.0 Å². The van der Waals surface area contributed by atoms with Gasteiger partial charge in [0.05, 0.1) is 0 Å². The summed E-state index contributed by atoms with van der Waals surface area (Å²) in [5.41, 5.74) is 3.25. The van der Waals surface area contributed by atoms with E-state index in [4.69, 9.17) is 23.2 Å². The highest BCUT2D eigenvalue weighted by atomic mass is 79.9. The molecule has 114 valence electrons. The Bertz CT molecular complexity index is 755. The number of anilines is 2. The summed E-state index contributed by atoms with van der Waals surface area (Å²) in [6, 6.07) is 15.5. The number of rotatable bonds is 3. The van der Waals surface area contributed by atoms with E-state index in [0.29, 0.717) is 0 Å². The van der Waals surface area contributed by atoms with Crippen molar-refractivity contribution < 1.29 is 21.5 Å². The van der Waals surface area contributed by atoms with E-state index < -0.39 is 0 Å². The second kappa shape index (κ2) is 7.47. The second-order valence-electron chi connectivity index (χ2n) is 4.63. The molecule has 0 atom stereocenters. The summed E-state index contributed by atoms with van der Waals surface area (Å²) in [6.07, 6.45) is 0. The van der Waals surface area contributed by atoms with Crippen molar-refractivity contribution in [2.45, 2.75) is 6.92 Å². The molecule has 0 spiro atoms. The molecule has 3 aromatic rings. The molecule has 3 rings (SSSR count). The zero-order valence-corrected chi connectivity index (χ0v) is 15.6. The molecule has 0 aliphatic carbocycles. The van der Waals surface area contributed by atoms with Gasteiger partial charge in [0.15, 0.2) is 0 Å². The minimum absolute atomic E-state index is 0. The van der Waals surface area contributed by atoms with Gasteiger partial charge in [-0.1, -0.05) is 34.5 Å². The summed E-state index contributed by atoms with van der Waals surface area (Å²) in [7, 11) is 0. The summed E-state index contributed by atoms with van der Waals surface area (Å²) in [5, 5.41) is 8.05. The summed E-state index contributed by atoms with van der Waals surface area (Å²) < 4.78 is 2.16. The molecular weight excluding hydrogens is 403 g/mol. The standard InChI is InChI=1S/C16H12Cl2N2S.BrH/c1-11-10-21-16(19-14-6-2-12(17)3-7-14)20(11)15-8-4-13(18)5-9-15;/h2-10H,1H3;1H. The zero-order valence-electron chi connectivity index (χ0n) is 11.7. The van der Waals surface area contributed by atoms with E-state index in [2.05, 4.69) is 22.2 Å². The maximum atomic E-state index is 5.96. The Balaban J connectivity index is 0.00000176. The molecule has 22 heavy (non-hydrogen) atoms. The van der Waals surface area contributed by atoms with E-state index in [-0.39, 0.29) is 17.0 Å². The van der Waals surface area contributed by atoms with Crippen molar-refractivity contribution in [1.82, 2.24) is 0 Å². The van der Waals surface area contributed by atoms with Gasteiger partial charge in [0.2, 0.25) is 0 Å². The molecule has 0 fully saturated rings. The zero-order chi connectivity index (χ0) is 14.8. The van der Waals surface area contributed by atoms with E-state index in [1.807, 2.05) is 48.5 Å².